The fourth-order valence-corrected chi connectivity index (χ4v) is 4.58. The Labute approximate surface area is 170 Å². The van der Waals surface area contributed by atoms with Crippen molar-refractivity contribution < 1.29 is 0 Å². The second kappa shape index (κ2) is 7.07. The van der Waals surface area contributed by atoms with Crippen LogP contribution in [0.4, 0.5) is 0 Å². The molecule has 0 spiro atoms. The maximum Gasteiger partial charge on any atom is 0.176 e. The van der Waals surface area contributed by atoms with E-state index in [9.17, 15) is 0 Å². The summed E-state index contributed by atoms with van der Waals surface area (Å²) in [5, 5.41) is 1.34. The molecule has 5 nitrogen and oxygen atoms in total. The van der Waals surface area contributed by atoms with Crippen molar-refractivity contribution in [1.29, 1.82) is 0 Å². The number of hydrogen-bond acceptors (Lipinski definition) is 4. The summed E-state index contributed by atoms with van der Waals surface area (Å²) >= 11 is 0. The first-order chi connectivity index (χ1) is 14.1. The second-order valence-electron chi connectivity index (χ2n) is 8.20. The monoisotopic (exact) mass is 383 g/mol. The average molecular weight is 383 g/mol. The molecule has 1 aromatic carbocycles. The highest BCUT2D eigenvalue weighted by Crippen LogP contribution is 2.43. The van der Waals surface area contributed by atoms with Gasteiger partial charge in [0.2, 0.25) is 0 Å². The van der Waals surface area contributed by atoms with E-state index in [4.69, 9.17) is 9.97 Å². The zero-order valence-corrected chi connectivity index (χ0v) is 17.2. The summed E-state index contributed by atoms with van der Waals surface area (Å²) in [4.78, 5) is 18.3. The van der Waals surface area contributed by atoms with E-state index in [2.05, 4.69) is 46.7 Å². The standard InChI is InChI=1S/C24H25N5/c1-15-8-9-19-20(10-15)29(3)22(21(19)17-6-4-5-7-17)24-27-13-18(14-28-24)23-25-11-16(2)12-26-23/h8-14,17H,4-7H2,1-3H3. The molecule has 3 aromatic heterocycles. The second-order valence-corrected chi connectivity index (χ2v) is 8.20. The Balaban J connectivity index is 1.65. The number of rotatable bonds is 3. The van der Waals surface area contributed by atoms with Crippen LogP contribution in [0.25, 0.3) is 33.8 Å². The van der Waals surface area contributed by atoms with Gasteiger partial charge in [-0.15, -0.1) is 0 Å². The minimum Gasteiger partial charge on any atom is -0.341 e. The molecule has 0 saturated heterocycles. The van der Waals surface area contributed by atoms with Gasteiger partial charge in [-0.3, -0.25) is 0 Å². The number of aromatic nitrogens is 5. The average Bonchev–Trinajstić information content (AvgIpc) is 3.35. The molecule has 29 heavy (non-hydrogen) atoms. The molecule has 146 valence electrons. The molecule has 1 saturated carbocycles. The summed E-state index contributed by atoms with van der Waals surface area (Å²) in [6.45, 7) is 4.13. The minimum absolute atomic E-state index is 0.583. The summed E-state index contributed by atoms with van der Waals surface area (Å²) in [6.07, 6.45) is 12.4. The molecule has 0 N–H and O–H groups in total. The molecule has 1 aliphatic carbocycles. The lowest BCUT2D eigenvalue weighted by Crippen LogP contribution is -2.02. The van der Waals surface area contributed by atoms with Crippen LogP contribution in [0.15, 0.2) is 43.0 Å². The number of hydrogen-bond donors (Lipinski definition) is 0. The highest BCUT2D eigenvalue weighted by molar-refractivity contribution is 5.92. The fourth-order valence-electron chi connectivity index (χ4n) is 4.58. The van der Waals surface area contributed by atoms with Crippen LogP contribution in [0, 0.1) is 13.8 Å². The van der Waals surface area contributed by atoms with Crippen molar-refractivity contribution in [2.24, 2.45) is 7.05 Å². The van der Waals surface area contributed by atoms with Gasteiger partial charge in [-0.1, -0.05) is 25.0 Å². The zero-order chi connectivity index (χ0) is 20.0. The van der Waals surface area contributed by atoms with Gasteiger partial charge in [0.1, 0.15) is 0 Å². The number of benzene rings is 1. The van der Waals surface area contributed by atoms with Gasteiger partial charge in [0.25, 0.3) is 0 Å². The quantitative estimate of drug-likeness (QED) is 0.477. The summed E-state index contributed by atoms with van der Waals surface area (Å²) in [5.74, 6) is 2.02. The predicted octanol–water partition coefficient (Wildman–Crippen LogP) is 5.37. The summed E-state index contributed by atoms with van der Waals surface area (Å²) < 4.78 is 2.27. The van der Waals surface area contributed by atoms with Gasteiger partial charge >= 0.3 is 0 Å². The number of fused-ring (bicyclic) bond motifs is 1. The first-order valence-corrected chi connectivity index (χ1v) is 10.3. The SMILES string of the molecule is Cc1cnc(-c2cnc(-c3c(C4CCCC4)c4ccc(C)cc4n3C)nc2)nc1. The van der Waals surface area contributed by atoms with Crippen molar-refractivity contribution >= 4 is 10.9 Å². The van der Waals surface area contributed by atoms with Crippen molar-refractivity contribution in [3.8, 4) is 22.9 Å². The van der Waals surface area contributed by atoms with Gasteiger partial charge in [-0.05, 0) is 55.4 Å². The first kappa shape index (κ1) is 18.0. The highest BCUT2D eigenvalue weighted by Gasteiger charge is 2.27. The van der Waals surface area contributed by atoms with Gasteiger partial charge in [0.05, 0.1) is 11.3 Å². The Bertz CT molecular complexity index is 1170. The van der Waals surface area contributed by atoms with Crippen molar-refractivity contribution in [2.45, 2.75) is 45.4 Å². The normalized spacial score (nSPS) is 14.7. The van der Waals surface area contributed by atoms with Gasteiger partial charge in [0, 0.05) is 42.7 Å². The van der Waals surface area contributed by atoms with Gasteiger partial charge in [-0.25, -0.2) is 19.9 Å². The van der Waals surface area contributed by atoms with E-state index in [1.165, 1.54) is 47.7 Å². The van der Waals surface area contributed by atoms with Crippen LogP contribution >= 0.6 is 0 Å². The van der Waals surface area contributed by atoms with E-state index < -0.39 is 0 Å². The van der Waals surface area contributed by atoms with E-state index in [1.807, 2.05) is 31.7 Å². The van der Waals surface area contributed by atoms with E-state index in [1.54, 1.807) is 0 Å². The molecule has 0 unspecified atom stereocenters. The van der Waals surface area contributed by atoms with Crippen LogP contribution in [0.2, 0.25) is 0 Å². The van der Waals surface area contributed by atoms with Crippen LogP contribution < -0.4 is 0 Å². The Morgan fingerprint density at radius 3 is 2.17 bits per heavy atom. The van der Waals surface area contributed by atoms with Crippen LogP contribution in [-0.4, -0.2) is 24.5 Å². The van der Waals surface area contributed by atoms with Crippen LogP contribution in [-0.2, 0) is 7.05 Å². The molecule has 1 aliphatic rings. The molecule has 1 fully saturated rings. The Hall–Kier alpha value is -3.08. The lowest BCUT2D eigenvalue weighted by Gasteiger charge is -2.12. The molecule has 5 heteroatoms. The maximum atomic E-state index is 4.75. The summed E-state index contributed by atoms with van der Waals surface area (Å²) in [7, 11) is 2.13. The minimum atomic E-state index is 0.583. The Morgan fingerprint density at radius 2 is 1.48 bits per heavy atom. The van der Waals surface area contributed by atoms with Crippen LogP contribution in [0.1, 0.15) is 48.3 Å². The Morgan fingerprint density at radius 1 is 0.828 bits per heavy atom. The molecular formula is C24H25N5. The summed E-state index contributed by atoms with van der Waals surface area (Å²) in [6, 6.07) is 6.76. The van der Waals surface area contributed by atoms with Crippen LogP contribution in [0.3, 0.4) is 0 Å². The third-order valence-corrected chi connectivity index (χ3v) is 6.06. The van der Waals surface area contributed by atoms with Crippen molar-refractivity contribution in [2.75, 3.05) is 0 Å². The molecule has 0 atom stereocenters. The van der Waals surface area contributed by atoms with Crippen molar-refractivity contribution in [1.82, 2.24) is 24.5 Å². The maximum absolute atomic E-state index is 4.75. The van der Waals surface area contributed by atoms with Gasteiger partial charge in [0.15, 0.2) is 11.6 Å². The lowest BCUT2D eigenvalue weighted by atomic mass is 9.94. The summed E-state index contributed by atoms with van der Waals surface area (Å²) in [5.41, 5.74) is 6.98. The third-order valence-electron chi connectivity index (χ3n) is 6.06. The first-order valence-electron chi connectivity index (χ1n) is 10.3. The van der Waals surface area contributed by atoms with Gasteiger partial charge in [-0.2, -0.15) is 0 Å². The molecule has 0 radical (unpaired) electrons. The van der Waals surface area contributed by atoms with Crippen LogP contribution in [0.5, 0.6) is 0 Å². The van der Waals surface area contributed by atoms with Gasteiger partial charge < -0.3 is 4.57 Å². The molecule has 0 aliphatic heterocycles. The molecule has 0 amide bonds. The number of nitrogens with zero attached hydrogens (tertiary/aromatic N) is 5. The lowest BCUT2D eigenvalue weighted by molar-refractivity contribution is 0.725. The molecule has 5 rings (SSSR count). The third kappa shape index (κ3) is 3.11. The van der Waals surface area contributed by atoms with E-state index in [-0.39, 0.29) is 0 Å². The van der Waals surface area contributed by atoms with Crippen molar-refractivity contribution in [3.63, 3.8) is 0 Å². The van der Waals surface area contributed by atoms with E-state index in [0.717, 1.165) is 22.6 Å². The van der Waals surface area contributed by atoms with E-state index >= 15 is 0 Å². The smallest absolute Gasteiger partial charge is 0.176 e. The molecule has 4 aromatic rings. The Kier molecular flexibility index (Phi) is 4.38. The fraction of sp³-hybridized carbons (Fsp3) is 0.333. The number of aryl methyl sites for hydroxylation is 3. The topological polar surface area (TPSA) is 56.5 Å². The molecule has 3 heterocycles. The predicted molar refractivity (Wildman–Crippen MR) is 116 cm³/mol. The molecule has 0 bridgehead atoms. The largest absolute Gasteiger partial charge is 0.341 e. The molecular weight excluding hydrogens is 358 g/mol. The van der Waals surface area contributed by atoms with Crippen molar-refractivity contribution in [3.05, 3.63) is 59.7 Å². The van der Waals surface area contributed by atoms with E-state index in [0.29, 0.717) is 11.7 Å². The zero-order valence-electron chi connectivity index (χ0n) is 17.2. The highest BCUT2D eigenvalue weighted by atomic mass is 15.0.